The molecule has 2 atom stereocenters. The van der Waals surface area contributed by atoms with Gasteiger partial charge in [0.2, 0.25) is 0 Å². The first-order valence-corrected chi connectivity index (χ1v) is 10.1. The van der Waals surface area contributed by atoms with Crippen molar-refractivity contribution in [1.29, 1.82) is 0 Å². The lowest BCUT2D eigenvalue weighted by molar-refractivity contribution is 0.376. The Morgan fingerprint density at radius 3 is 1.83 bits per heavy atom. The third-order valence-corrected chi connectivity index (χ3v) is 7.49. The van der Waals surface area contributed by atoms with Crippen LogP contribution < -0.4 is 10.6 Å². The molecular weight excluding hydrogens is 295 g/mol. The summed E-state index contributed by atoms with van der Waals surface area (Å²) in [6, 6.07) is 22.3. The van der Waals surface area contributed by atoms with E-state index in [1.165, 1.54) is 23.5 Å². The van der Waals surface area contributed by atoms with E-state index in [1.54, 1.807) is 5.31 Å². The fourth-order valence-corrected chi connectivity index (χ4v) is 6.60. The van der Waals surface area contributed by atoms with Crippen molar-refractivity contribution in [1.82, 2.24) is 0 Å². The van der Waals surface area contributed by atoms with Crippen LogP contribution in [0.15, 0.2) is 72.1 Å². The number of benzene rings is 2. The summed E-state index contributed by atoms with van der Waals surface area (Å²) >= 11 is 0. The Bertz CT molecular complexity index is 603. The Kier molecular flexibility index (Phi) is 5.34. The molecule has 0 spiro atoms. The van der Waals surface area contributed by atoms with Gasteiger partial charge in [0.15, 0.2) is 0 Å². The maximum Gasteiger partial charge on any atom is -0.0131 e. The summed E-state index contributed by atoms with van der Waals surface area (Å²) in [4.78, 5) is 0. The molecule has 1 aliphatic rings. The van der Waals surface area contributed by atoms with Gasteiger partial charge in [0, 0.05) is 0 Å². The molecule has 0 saturated heterocycles. The summed E-state index contributed by atoms with van der Waals surface area (Å²) in [5.41, 5.74) is 0. The molecule has 0 bridgehead atoms. The molecule has 0 aromatic heterocycles. The van der Waals surface area contributed by atoms with Gasteiger partial charge in [-0.1, -0.05) is 87.5 Å². The van der Waals surface area contributed by atoms with Crippen molar-refractivity contribution < 1.29 is 0 Å². The Hall–Kier alpha value is -1.39. The maximum absolute atomic E-state index is 2.60. The smallest absolute Gasteiger partial charge is 0.0131 e. The first-order valence-electron chi connectivity index (χ1n) is 8.78. The largest absolute Gasteiger partial charge is 0.0771 e. The molecule has 0 aliphatic heterocycles. The molecule has 3 rings (SSSR count). The molecule has 2 aromatic rings. The van der Waals surface area contributed by atoms with Gasteiger partial charge in [-0.05, 0) is 54.4 Å². The number of allylic oxidation sites excluding steroid dienone is 2. The molecule has 0 amide bonds. The van der Waals surface area contributed by atoms with Crippen molar-refractivity contribution in [3.8, 4) is 0 Å². The molecule has 1 heteroatoms. The molecular formula is C22H27P. The van der Waals surface area contributed by atoms with Gasteiger partial charge in [0.25, 0.3) is 0 Å². The van der Waals surface area contributed by atoms with Crippen LogP contribution in [0.4, 0.5) is 0 Å². The highest BCUT2D eigenvalue weighted by Gasteiger charge is 2.30. The minimum atomic E-state index is -0.406. The van der Waals surface area contributed by atoms with Gasteiger partial charge < -0.3 is 0 Å². The van der Waals surface area contributed by atoms with Gasteiger partial charge in [-0.2, -0.15) is 0 Å². The van der Waals surface area contributed by atoms with E-state index in [2.05, 4.69) is 87.5 Å². The van der Waals surface area contributed by atoms with Crippen molar-refractivity contribution in [2.75, 3.05) is 0 Å². The van der Waals surface area contributed by atoms with E-state index in [9.17, 15) is 0 Å². The Morgan fingerprint density at radius 2 is 1.35 bits per heavy atom. The Labute approximate surface area is 142 Å². The second kappa shape index (κ2) is 7.45. The molecule has 120 valence electrons. The van der Waals surface area contributed by atoms with Gasteiger partial charge >= 0.3 is 0 Å². The van der Waals surface area contributed by atoms with Crippen molar-refractivity contribution >= 4 is 18.5 Å². The fraction of sp³-hybridized carbons (Fsp3) is 0.364. The van der Waals surface area contributed by atoms with Crippen molar-refractivity contribution in [3.05, 3.63) is 72.1 Å². The van der Waals surface area contributed by atoms with Gasteiger partial charge in [-0.15, -0.1) is 0 Å². The second-order valence-corrected chi connectivity index (χ2v) is 9.22. The molecule has 0 fully saturated rings. The van der Waals surface area contributed by atoms with Crippen molar-refractivity contribution in [2.45, 2.75) is 33.6 Å². The summed E-state index contributed by atoms with van der Waals surface area (Å²) in [6.07, 6.45) is 5.27. The van der Waals surface area contributed by atoms with Crippen LogP contribution in [0.3, 0.4) is 0 Å². The minimum Gasteiger partial charge on any atom is -0.0771 e. The molecule has 0 N–H and O–H groups in total. The van der Waals surface area contributed by atoms with Crippen LogP contribution in [0, 0.1) is 17.8 Å². The van der Waals surface area contributed by atoms with Gasteiger partial charge in [-0.25, -0.2) is 0 Å². The molecule has 23 heavy (non-hydrogen) atoms. The molecule has 2 aromatic carbocycles. The Morgan fingerprint density at radius 1 is 0.826 bits per heavy atom. The van der Waals surface area contributed by atoms with E-state index in [-0.39, 0.29) is 0 Å². The lowest BCUT2D eigenvalue weighted by Crippen LogP contribution is -2.23. The quantitative estimate of drug-likeness (QED) is 0.633. The van der Waals surface area contributed by atoms with Crippen molar-refractivity contribution in [3.63, 3.8) is 0 Å². The molecule has 0 radical (unpaired) electrons. The standard InChI is InChI=1S/C22H27P/c1-17(2)21-15-14-18(3)16-22(21)23(19-10-6-4-7-11-19)20-12-8-5-9-13-20/h4-13,16-18,21H,14-15H2,1-3H3/t18-,21+/m1/s1. The summed E-state index contributed by atoms with van der Waals surface area (Å²) < 4.78 is 0. The molecule has 0 nitrogen and oxygen atoms in total. The minimum absolute atomic E-state index is 0.406. The lowest BCUT2D eigenvalue weighted by Gasteiger charge is -2.35. The van der Waals surface area contributed by atoms with Crippen LogP contribution in [-0.2, 0) is 0 Å². The predicted molar refractivity (Wildman–Crippen MR) is 104 cm³/mol. The predicted octanol–water partition coefficient (Wildman–Crippen LogP) is 5.71. The normalized spacial score (nSPS) is 21.5. The van der Waals surface area contributed by atoms with E-state index in [0.717, 1.165) is 5.92 Å². The van der Waals surface area contributed by atoms with Crippen LogP contribution in [0.25, 0.3) is 0 Å². The molecule has 0 saturated carbocycles. The Balaban J connectivity index is 2.11. The summed E-state index contributed by atoms with van der Waals surface area (Å²) in [7, 11) is -0.406. The zero-order chi connectivity index (χ0) is 16.2. The molecule has 0 unspecified atom stereocenters. The highest BCUT2D eigenvalue weighted by molar-refractivity contribution is 7.76. The second-order valence-electron chi connectivity index (χ2n) is 7.00. The number of rotatable bonds is 4. The van der Waals surface area contributed by atoms with Crippen LogP contribution in [0.1, 0.15) is 33.6 Å². The average molecular weight is 322 g/mol. The third-order valence-electron chi connectivity index (χ3n) is 4.86. The first kappa shape index (κ1) is 16.5. The highest BCUT2D eigenvalue weighted by Crippen LogP contribution is 2.52. The molecule has 1 aliphatic carbocycles. The number of hydrogen-bond donors (Lipinski definition) is 0. The average Bonchev–Trinajstić information content (AvgIpc) is 2.57. The number of hydrogen-bond acceptors (Lipinski definition) is 0. The zero-order valence-electron chi connectivity index (χ0n) is 14.4. The van der Waals surface area contributed by atoms with E-state index in [0.29, 0.717) is 11.8 Å². The first-order chi connectivity index (χ1) is 11.2. The van der Waals surface area contributed by atoms with Crippen LogP contribution >= 0.6 is 7.92 Å². The topological polar surface area (TPSA) is 0 Å². The van der Waals surface area contributed by atoms with E-state index < -0.39 is 7.92 Å². The molecule has 0 heterocycles. The third kappa shape index (κ3) is 3.75. The van der Waals surface area contributed by atoms with E-state index in [1.807, 2.05) is 0 Å². The maximum atomic E-state index is 2.60. The fourth-order valence-electron chi connectivity index (χ4n) is 3.61. The van der Waals surface area contributed by atoms with E-state index >= 15 is 0 Å². The lowest BCUT2D eigenvalue weighted by atomic mass is 9.83. The van der Waals surface area contributed by atoms with Crippen molar-refractivity contribution in [2.24, 2.45) is 17.8 Å². The van der Waals surface area contributed by atoms with Crippen LogP contribution in [0.5, 0.6) is 0 Å². The van der Waals surface area contributed by atoms with Gasteiger partial charge in [-0.3, -0.25) is 0 Å². The SMILES string of the molecule is CC(C)[C@@H]1CC[C@@H](C)C=C1P(c1ccccc1)c1ccccc1. The van der Waals surface area contributed by atoms with Gasteiger partial charge in [0.1, 0.15) is 0 Å². The monoisotopic (exact) mass is 322 g/mol. The van der Waals surface area contributed by atoms with Crippen LogP contribution in [0.2, 0.25) is 0 Å². The van der Waals surface area contributed by atoms with Gasteiger partial charge in [0.05, 0.1) is 0 Å². The zero-order valence-corrected chi connectivity index (χ0v) is 15.3. The van der Waals surface area contributed by atoms with Crippen LogP contribution in [-0.4, -0.2) is 0 Å². The highest BCUT2D eigenvalue weighted by atomic mass is 31.1. The van der Waals surface area contributed by atoms with E-state index in [4.69, 9.17) is 0 Å². The summed E-state index contributed by atoms with van der Waals surface area (Å²) in [6.45, 7) is 7.15. The summed E-state index contributed by atoms with van der Waals surface area (Å²) in [5.74, 6) is 2.14. The summed E-state index contributed by atoms with van der Waals surface area (Å²) in [5, 5.41) is 4.67.